The van der Waals surface area contributed by atoms with Gasteiger partial charge in [0.15, 0.2) is 11.5 Å². The van der Waals surface area contributed by atoms with E-state index in [1.807, 2.05) is 54.3 Å². The quantitative estimate of drug-likeness (QED) is 0.511. The molecule has 2 aromatic carbocycles. The Balaban J connectivity index is 1.43. The predicted octanol–water partition coefficient (Wildman–Crippen LogP) is 4.61. The van der Waals surface area contributed by atoms with Gasteiger partial charge in [-0.3, -0.25) is 9.69 Å². The third-order valence-electron chi connectivity index (χ3n) is 6.04. The normalized spacial score (nSPS) is 21.4. The number of hydrogen-bond donors (Lipinski definition) is 0. The van der Waals surface area contributed by atoms with Gasteiger partial charge in [0.05, 0.1) is 25.6 Å². The summed E-state index contributed by atoms with van der Waals surface area (Å²) in [4.78, 5) is 17.3. The van der Waals surface area contributed by atoms with E-state index in [4.69, 9.17) is 25.8 Å². The minimum atomic E-state index is -0.0551. The molecular weight excluding hydrogens is 460 g/mol. The maximum absolute atomic E-state index is 12.9. The standard InChI is InChI=1S/C25H31ClN2O4S/c1-18-24(29)28(11-5-10-27-12-14-31-15-13-27)25(33-18)19-8-9-22(23(16-19)30-2)32-17-20-6-3-4-7-21(20)26/h3-4,6-9,16,18,25H,5,10-15,17H2,1-2H3. The molecule has 2 atom stereocenters. The van der Waals surface area contributed by atoms with Crippen LogP contribution in [-0.2, 0) is 16.1 Å². The van der Waals surface area contributed by atoms with Crippen LogP contribution in [0.4, 0.5) is 0 Å². The van der Waals surface area contributed by atoms with Crippen molar-refractivity contribution in [1.29, 1.82) is 0 Å². The van der Waals surface area contributed by atoms with Crippen LogP contribution in [0, 0.1) is 0 Å². The molecule has 0 aromatic heterocycles. The number of morpholine rings is 1. The highest BCUT2D eigenvalue weighted by Gasteiger charge is 2.38. The number of methoxy groups -OCH3 is 1. The van der Waals surface area contributed by atoms with Crippen LogP contribution in [0.1, 0.15) is 29.8 Å². The minimum absolute atomic E-state index is 0.0243. The molecule has 8 heteroatoms. The topological polar surface area (TPSA) is 51.2 Å². The Labute approximate surface area is 205 Å². The van der Waals surface area contributed by atoms with Crippen LogP contribution in [0.2, 0.25) is 5.02 Å². The second kappa shape index (κ2) is 11.5. The zero-order chi connectivity index (χ0) is 23.2. The lowest BCUT2D eigenvalue weighted by atomic mass is 10.1. The van der Waals surface area contributed by atoms with Gasteiger partial charge in [0.1, 0.15) is 12.0 Å². The number of carbonyl (C=O) groups excluding carboxylic acids is 1. The van der Waals surface area contributed by atoms with Gasteiger partial charge in [0.25, 0.3) is 0 Å². The van der Waals surface area contributed by atoms with Crippen LogP contribution in [0.3, 0.4) is 0 Å². The fourth-order valence-corrected chi connectivity index (χ4v) is 5.67. The third-order valence-corrected chi connectivity index (χ3v) is 7.80. The van der Waals surface area contributed by atoms with Gasteiger partial charge in [-0.2, -0.15) is 0 Å². The number of rotatable bonds is 9. The molecule has 0 spiro atoms. The van der Waals surface area contributed by atoms with Crippen molar-refractivity contribution >= 4 is 29.3 Å². The van der Waals surface area contributed by atoms with E-state index in [-0.39, 0.29) is 16.5 Å². The largest absolute Gasteiger partial charge is 0.493 e. The summed E-state index contributed by atoms with van der Waals surface area (Å²) in [5.74, 6) is 1.51. The van der Waals surface area contributed by atoms with Crippen molar-refractivity contribution in [2.24, 2.45) is 0 Å². The molecule has 33 heavy (non-hydrogen) atoms. The molecule has 2 saturated heterocycles. The molecule has 2 aliphatic heterocycles. The van der Waals surface area contributed by atoms with Crippen molar-refractivity contribution in [2.75, 3.05) is 46.5 Å². The first-order valence-corrected chi connectivity index (χ1v) is 12.7. The van der Waals surface area contributed by atoms with Gasteiger partial charge in [0, 0.05) is 36.8 Å². The lowest BCUT2D eigenvalue weighted by molar-refractivity contribution is -0.129. The third kappa shape index (κ3) is 5.96. The highest BCUT2D eigenvalue weighted by molar-refractivity contribution is 8.01. The average Bonchev–Trinajstić information content (AvgIpc) is 3.13. The van der Waals surface area contributed by atoms with E-state index >= 15 is 0 Å². The first-order valence-electron chi connectivity index (χ1n) is 11.4. The van der Waals surface area contributed by atoms with Crippen molar-refractivity contribution in [3.8, 4) is 11.5 Å². The molecule has 4 rings (SSSR count). The van der Waals surface area contributed by atoms with E-state index in [0.29, 0.717) is 23.1 Å². The Morgan fingerprint density at radius 1 is 1.12 bits per heavy atom. The van der Waals surface area contributed by atoms with Crippen molar-refractivity contribution in [1.82, 2.24) is 9.80 Å². The number of benzene rings is 2. The van der Waals surface area contributed by atoms with Gasteiger partial charge in [0.2, 0.25) is 5.91 Å². The van der Waals surface area contributed by atoms with Gasteiger partial charge in [-0.05, 0) is 37.1 Å². The molecule has 2 aromatic rings. The molecule has 2 heterocycles. The van der Waals surface area contributed by atoms with Gasteiger partial charge >= 0.3 is 0 Å². The number of ether oxygens (including phenoxy) is 3. The first-order chi connectivity index (χ1) is 16.1. The van der Waals surface area contributed by atoms with E-state index in [2.05, 4.69) is 4.90 Å². The maximum Gasteiger partial charge on any atom is 0.236 e. The number of carbonyl (C=O) groups is 1. The molecular formula is C25H31ClN2O4S. The average molecular weight is 491 g/mol. The Bertz CT molecular complexity index is 954. The fourth-order valence-electron chi connectivity index (χ4n) is 4.18. The number of nitrogens with zero attached hydrogens (tertiary/aromatic N) is 2. The van der Waals surface area contributed by atoms with Crippen LogP contribution in [0.5, 0.6) is 11.5 Å². The van der Waals surface area contributed by atoms with E-state index < -0.39 is 0 Å². The number of hydrogen-bond acceptors (Lipinski definition) is 6. The second-order valence-corrected chi connectivity index (χ2v) is 10.1. The summed E-state index contributed by atoms with van der Waals surface area (Å²) in [7, 11) is 1.64. The Morgan fingerprint density at radius 3 is 2.67 bits per heavy atom. The zero-order valence-electron chi connectivity index (χ0n) is 19.2. The monoisotopic (exact) mass is 490 g/mol. The smallest absolute Gasteiger partial charge is 0.236 e. The number of halogens is 1. The summed E-state index contributed by atoms with van der Waals surface area (Å²) in [6.45, 7) is 7.59. The van der Waals surface area contributed by atoms with E-state index in [0.717, 1.165) is 56.9 Å². The van der Waals surface area contributed by atoms with Gasteiger partial charge in [-0.15, -0.1) is 11.8 Å². The molecule has 0 aliphatic carbocycles. The second-order valence-electron chi connectivity index (χ2n) is 8.26. The van der Waals surface area contributed by atoms with Crippen molar-refractivity contribution < 1.29 is 19.0 Å². The van der Waals surface area contributed by atoms with Crippen LogP contribution < -0.4 is 9.47 Å². The van der Waals surface area contributed by atoms with E-state index in [1.54, 1.807) is 18.9 Å². The van der Waals surface area contributed by atoms with Gasteiger partial charge < -0.3 is 19.1 Å². The maximum atomic E-state index is 12.9. The predicted molar refractivity (Wildman–Crippen MR) is 132 cm³/mol. The first kappa shape index (κ1) is 24.2. The van der Waals surface area contributed by atoms with Crippen LogP contribution in [0.15, 0.2) is 42.5 Å². The van der Waals surface area contributed by atoms with Crippen LogP contribution in [0.25, 0.3) is 0 Å². The van der Waals surface area contributed by atoms with Crippen LogP contribution in [-0.4, -0.2) is 67.5 Å². The SMILES string of the molecule is COc1cc(C2SC(C)C(=O)N2CCCN2CCOCC2)ccc1OCc1ccccc1Cl. The van der Waals surface area contributed by atoms with Crippen LogP contribution >= 0.6 is 23.4 Å². The Morgan fingerprint density at radius 2 is 1.91 bits per heavy atom. The lowest BCUT2D eigenvalue weighted by Crippen LogP contribution is -2.39. The summed E-state index contributed by atoms with van der Waals surface area (Å²) in [6.07, 6.45) is 0.950. The Kier molecular flexibility index (Phi) is 8.41. The molecule has 2 unspecified atom stereocenters. The molecule has 2 aliphatic rings. The molecule has 6 nitrogen and oxygen atoms in total. The molecule has 1 amide bonds. The van der Waals surface area contributed by atoms with E-state index in [1.165, 1.54) is 0 Å². The molecule has 0 saturated carbocycles. The minimum Gasteiger partial charge on any atom is -0.493 e. The summed E-state index contributed by atoms with van der Waals surface area (Å²) in [5, 5.41) is 0.597. The molecule has 0 radical (unpaired) electrons. The number of thioether (sulfide) groups is 1. The summed E-state index contributed by atoms with van der Waals surface area (Å²) >= 11 is 7.94. The highest BCUT2D eigenvalue weighted by atomic mass is 35.5. The van der Waals surface area contributed by atoms with Crippen molar-refractivity contribution in [3.63, 3.8) is 0 Å². The van der Waals surface area contributed by atoms with Gasteiger partial charge in [-0.1, -0.05) is 35.9 Å². The fraction of sp³-hybridized carbons (Fsp3) is 0.480. The van der Waals surface area contributed by atoms with E-state index in [9.17, 15) is 4.79 Å². The molecule has 0 bridgehead atoms. The Hall–Kier alpha value is -1.93. The summed E-state index contributed by atoms with van der Waals surface area (Å²) < 4.78 is 17.1. The molecule has 178 valence electrons. The lowest BCUT2D eigenvalue weighted by Gasteiger charge is -2.29. The van der Waals surface area contributed by atoms with Gasteiger partial charge in [-0.25, -0.2) is 0 Å². The summed E-state index contributed by atoms with van der Waals surface area (Å²) in [5.41, 5.74) is 1.97. The molecule has 0 N–H and O–H groups in total. The number of amides is 1. The van der Waals surface area contributed by atoms with Crippen molar-refractivity contribution in [2.45, 2.75) is 30.6 Å². The summed E-state index contributed by atoms with van der Waals surface area (Å²) in [6, 6.07) is 13.6. The molecule has 2 fully saturated rings. The highest BCUT2D eigenvalue weighted by Crippen LogP contribution is 2.45. The zero-order valence-corrected chi connectivity index (χ0v) is 20.7. The van der Waals surface area contributed by atoms with Crippen molar-refractivity contribution in [3.05, 3.63) is 58.6 Å².